The monoisotopic (exact) mass is 288 g/mol. The molecular formula is C12H17O6P. The molecule has 1 aromatic rings. The van der Waals surface area contributed by atoms with E-state index in [4.69, 9.17) is 14.5 Å². The molecule has 0 bridgehead atoms. The molecule has 0 aliphatic rings. The summed E-state index contributed by atoms with van der Waals surface area (Å²) in [5, 5.41) is 0. The first-order valence-electron chi connectivity index (χ1n) is 5.70. The Kier molecular flexibility index (Phi) is 4.74. The lowest BCUT2D eigenvalue weighted by atomic mass is 9.84. The SMILES string of the molecule is CCOC(=O)C(C)(C)c1ccccc1OP(=O)(O)O. The van der Waals surface area contributed by atoms with E-state index in [0.717, 1.165) is 0 Å². The number of benzene rings is 1. The van der Waals surface area contributed by atoms with Crippen molar-refractivity contribution in [3.63, 3.8) is 0 Å². The van der Waals surface area contributed by atoms with Crippen LogP contribution in [0.4, 0.5) is 0 Å². The van der Waals surface area contributed by atoms with E-state index >= 15 is 0 Å². The Morgan fingerprint density at radius 3 is 2.42 bits per heavy atom. The first kappa shape index (κ1) is 15.7. The molecule has 0 aliphatic carbocycles. The molecule has 6 nitrogen and oxygen atoms in total. The second-order valence-corrected chi connectivity index (χ2v) is 5.59. The van der Waals surface area contributed by atoms with Crippen LogP contribution in [0.1, 0.15) is 26.3 Å². The summed E-state index contributed by atoms with van der Waals surface area (Å²) < 4.78 is 20.5. The molecule has 0 aromatic heterocycles. The fourth-order valence-electron chi connectivity index (χ4n) is 1.61. The predicted octanol–water partition coefficient (Wildman–Crippen LogP) is 2.00. The molecule has 0 heterocycles. The van der Waals surface area contributed by atoms with Gasteiger partial charge in [0.15, 0.2) is 0 Å². The maximum absolute atomic E-state index is 11.9. The van der Waals surface area contributed by atoms with Gasteiger partial charge in [-0.2, -0.15) is 0 Å². The summed E-state index contributed by atoms with van der Waals surface area (Å²) >= 11 is 0. The minimum atomic E-state index is -4.68. The minimum Gasteiger partial charge on any atom is -0.465 e. The fraction of sp³-hybridized carbons (Fsp3) is 0.417. The Labute approximate surface area is 111 Å². The van der Waals surface area contributed by atoms with Crippen LogP contribution in [0.2, 0.25) is 0 Å². The third kappa shape index (κ3) is 4.06. The Hall–Kier alpha value is -1.36. The van der Waals surface area contributed by atoms with E-state index < -0.39 is 19.2 Å². The Morgan fingerprint density at radius 2 is 1.89 bits per heavy atom. The topological polar surface area (TPSA) is 93.1 Å². The second kappa shape index (κ2) is 5.74. The number of para-hydroxylation sites is 1. The van der Waals surface area contributed by atoms with Gasteiger partial charge in [-0.25, -0.2) is 4.57 Å². The molecule has 0 spiro atoms. The number of carbonyl (C=O) groups is 1. The van der Waals surface area contributed by atoms with Crippen LogP contribution in [-0.2, 0) is 19.5 Å². The van der Waals surface area contributed by atoms with Gasteiger partial charge in [0.05, 0.1) is 12.0 Å². The van der Waals surface area contributed by atoms with Gasteiger partial charge in [0.1, 0.15) is 5.75 Å². The average molecular weight is 288 g/mol. The number of hydrogen-bond acceptors (Lipinski definition) is 4. The van der Waals surface area contributed by atoms with Gasteiger partial charge in [-0.1, -0.05) is 18.2 Å². The Balaban J connectivity index is 3.19. The standard InChI is InChI=1S/C12H17O6P/c1-4-17-11(13)12(2,3)9-7-5-6-8-10(9)18-19(14,15)16/h5-8H,4H2,1-3H3,(H2,14,15,16). The van der Waals surface area contributed by atoms with Crippen LogP contribution in [0.3, 0.4) is 0 Å². The van der Waals surface area contributed by atoms with Gasteiger partial charge in [0.2, 0.25) is 0 Å². The number of hydrogen-bond donors (Lipinski definition) is 2. The van der Waals surface area contributed by atoms with Crippen LogP contribution >= 0.6 is 7.82 Å². The van der Waals surface area contributed by atoms with Crippen molar-refractivity contribution in [3.05, 3.63) is 29.8 Å². The number of esters is 1. The highest BCUT2D eigenvalue weighted by atomic mass is 31.2. The van der Waals surface area contributed by atoms with Crippen LogP contribution in [-0.4, -0.2) is 22.4 Å². The van der Waals surface area contributed by atoms with Gasteiger partial charge in [-0.05, 0) is 26.8 Å². The van der Waals surface area contributed by atoms with Crippen molar-refractivity contribution in [2.75, 3.05) is 6.61 Å². The van der Waals surface area contributed by atoms with Crippen LogP contribution in [0.25, 0.3) is 0 Å². The third-order valence-electron chi connectivity index (χ3n) is 2.56. The van der Waals surface area contributed by atoms with Gasteiger partial charge in [0, 0.05) is 5.56 Å². The molecule has 0 amide bonds. The second-order valence-electron chi connectivity index (χ2n) is 4.42. The molecule has 0 fully saturated rings. The van der Waals surface area contributed by atoms with Crippen LogP contribution in [0, 0.1) is 0 Å². The molecule has 0 unspecified atom stereocenters. The molecule has 0 radical (unpaired) electrons. The highest BCUT2D eigenvalue weighted by Crippen LogP contribution is 2.42. The maximum atomic E-state index is 11.9. The van der Waals surface area contributed by atoms with Crippen LogP contribution in [0.5, 0.6) is 5.75 Å². The summed E-state index contributed by atoms with van der Waals surface area (Å²) in [6.07, 6.45) is 0. The summed E-state index contributed by atoms with van der Waals surface area (Å²) in [5.41, 5.74) is -0.710. The van der Waals surface area contributed by atoms with E-state index in [-0.39, 0.29) is 12.4 Å². The highest BCUT2D eigenvalue weighted by Gasteiger charge is 2.35. The lowest BCUT2D eigenvalue weighted by Gasteiger charge is -2.25. The Morgan fingerprint density at radius 1 is 1.32 bits per heavy atom. The summed E-state index contributed by atoms with van der Waals surface area (Å²) in [5.74, 6) is -0.523. The van der Waals surface area contributed by atoms with Gasteiger partial charge in [-0.3, -0.25) is 14.6 Å². The normalized spacial score (nSPS) is 12.1. The number of phosphoric ester groups is 1. The first-order chi connectivity index (χ1) is 8.68. The molecule has 1 aromatic carbocycles. The van der Waals surface area contributed by atoms with Crippen LogP contribution < -0.4 is 4.52 Å². The molecule has 0 aliphatic heterocycles. The van der Waals surface area contributed by atoms with Crippen molar-refractivity contribution in [1.29, 1.82) is 0 Å². The molecule has 106 valence electrons. The minimum absolute atomic E-state index is 0.0334. The van der Waals surface area contributed by atoms with Gasteiger partial charge in [0.25, 0.3) is 0 Å². The van der Waals surface area contributed by atoms with Crippen molar-refractivity contribution < 1.29 is 28.4 Å². The van der Waals surface area contributed by atoms with Crippen molar-refractivity contribution >= 4 is 13.8 Å². The van der Waals surface area contributed by atoms with E-state index in [1.165, 1.54) is 6.07 Å². The lowest BCUT2D eigenvalue weighted by Crippen LogP contribution is -2.31. The lowest BCUT2D eigenvalue weighted by molar-refractivity contribution is -0.148. The highest BCUT2D eigenvalue weighted by molar-refractivity contribution is 7.46. The largest absolute Gasteiger partial charge is 0.524 e. The van der Waals surface area contributed by atoms with Gasteiger partial charge < -0.3 is 9.26 Å². The molecule has 0 saturated carbocycles. The zero-order valence-electron chi connectivity index (χ0n) is 11.0. The Bertz CT molecular complexity index is 505. The number of phosphoric acid groups is 1. The maximum Gasteiger partial charge on any atom is 0.524 e. The van der Waals surface area contributed by atoms with Crippen molar-refractivity contribution in [2.24, 2.45) is 0 Å². The third-order valence-corrected chi connectivity index (χ3v) is 3.00. The van der Waals surface area contributed by atoms with Crippen molar-refractivity contribution in [2.45, 2.75) is 26.2 Å². The quantitative estimate of drug-likeness (QED) is 0.636. The number of carbonyl (C=O) groups excluding carboxylic acids is 1. The zero-order chi connectivity index (χ0) is 14.7. The molecule has 7 heteroatoms. The summed E-state index contributed by atoms with van der Waals surface area (Å²) in [6.45, 7) is 5.12. The average Bonchev–Trinajstić information content (AvgIpc) is 2.27. The first-order valence-corrected chi connectivity index (χ1v) is 7.23. The van der Waals surface area contributed by atoms with E-state index in [1.807, 2.05) is 0 Å². The molecule has 0 atom stereocenters. The molecule has 0 saturated heterocycles. The molecule has 19 heavy (non-hydrogen) atoms. The molecule has 2 N–H and O–H groups in total. The van der Waals surface area contributed by atoms with E-state index in [2.05, 4.69) is 4.52 Å². The van der Waals surface area contributed by atoms with E-state index in [9.17, 15) is 9.36 Å². The molecule has 1 rings (SSSR count). The van der Waals surface area contributed by atoms with Gasteiger partial charge in [-0.15, -0.1) is 0 Å². The number of rotatable bonds is 5. The summed E-state index contributed by atoms with van der Waals surface area (Å²) in [6, 6.07) is 6.19. The fourth-order valence-corrected chi connectivity index (χ4v) is 2.03. The smallest absolute Gasteiger partial charge is 0.465 e. The van der Waals surface area contributed by atoms with Gasteiger partial charge >= 0.3 is 13.8 Å². The van der Waals surface area contributed by atoms with E-state index in [1.54, 1.807) is 39.0 Å². The van der Waals surface area contributed by atoms with Crippen LogP contribution in [0.15, 0.2) is 24.3 Å². The zero-order valence-corrected chi connectivity index (χ0v) is 11.9. The van der Waals surface area contributed by atoms with Crippen molar-refractivity contribution in [3.8, 4) is 5.75 Å². The van der Waals surface area contributed by atoms with Crippen molar-refractivity contribution in [1.82, 2.24) is 0 Å². The molecular weight excluding hydrogens is 271 g/mol. The number of ether oxygens (including phenoxy) is 1. The predicted molar refractivity (Wildman–Crippen MR) is 68.8 cm³/mol. The van der Waals surface area contributed by atoms with E-state index in [0.29, 0.717) is 5.56 Å². The summed E-state index contributed by atoms with van der Waals surface area (Å²) in [4.78, 5) is 29.7. The summed E-state index contributed by atoms with van der Waals surface area (Å²) in [7, 11) is -4.68.